The quantitative estimate of drug-likeness (QED) is 0.172. The van der Waals surface area contributed by atoms with E-state index in [0.29, 0.717) is 11.1 Å². The number of benzene rings is 1. The molecule has 2 unspecified atom stereocenters. The van der Waals surface area contributed by atoms with E-state index in [1.165, 1.54) is 7.11 Å². The van der Waals surface area contributed by atoms with E-state index in [1.807, 2.05) is 30.3 Å². The molecule has 5 rings (SSSR count). The molecular formula is C24H22ClN5O4S. The Morgan fingerprint density at radius 3 is 2.51 bits per heavy atom. The van der Waals surface area contributed by atoms with Crippen LogP contribution in [0.25, 0.3) is 10.4 Å². The van der Waals surface area contributed by atoms with Crippen LogP contribution in [0.1, 0.15) is 23.0 Å². The van der Waals surface area contributed by atoms with Crippen LogP contribution in [0.15, 0.2) is 84.5 Å². The minimum Gasteiger partial charge on any atom is -0.369 e. The molecule has 6 atom stereocenters. The number of azide groups is 1. The van der Waals surface area contributed by atoms with Crippen LogP contribution in [0.4, 0.5) is 0 Å². The highest BCUT2D eigenvalue weighted by atomic mass is 35.5. The van der Waals surface area contributed by atoms with Crippen molar-refractivity contribution in [3.05, 3.63) is 107 Å². The zero-order chi connectivity index (χ0) is 24.5. The van der Waals surface area contributed by atoms with Crippen molar-refractivity contribution < 1.29 is 18.9 Å². The van der Waals surface area contributed by atoms with Crippen LogP contribution in [0.3, 0.4) is 0 Å². The van der Waals surface area contributed by atoms with E-state index in [-0.39, 0.29) is 6.61 Å². The van der Waals surface area contributed by atoms with Crippen LogP contribution in [0.5, 0.6) is 0 Å². The normalized spacial score (nSPS) is 34.4. The van der Waals surface area contributed by atoms with Gasteiger partial charge in [-0.3, -0.25) is 9.97 Å². The fourth-order valence-corrected chi connectivity index (χ4v) is 6.08. The van der Waals surface area contributed by atoms with E-state index >= 15 is 0 Å². The number of thiol groups is 1. The summed E-state index contributed by atoms with van der Waals surface area (Å²) in [7, 11) is 1.50. The van der Waals surface area contributed by atoms with Crippen molar-refractivity contribution in [2.75, 3.05) is 13.7 Å². The number of methoxy groups -OCH3 is 1. The first-order valence-corrected chi connectivity index (χ1v) is 11.7. The SMILES string of the molecule is CO[C@@]1(c2ccncc2)[C@@H](S)O[C@@]2(Cl)COC(c3ccccc3)O[C@@H]2C1(N=[N+]=[N-])c1cccnc1. The molecule has 0 spiro atoms. The number of rotatable bonds is 5. The number of ether oxygens (including phenoxy) is 4. The largest absolute Gasteiger partial charge is 0.369 e. The highest BCUT2D eigenvalue weighted by molar-refractivity contribution is 7.80. The Bertz CT molecular complexity index is 1220. The standard InChI is InChI=1S/C24H22ClN5O4S/c1-31-24(17-9-12-27-13-10-17)21(35)34-22(25)15-32-19(16-6-3-2-4-7-16)33-20(22)23(24,29-30-26)18-8-5-11-28-14-18/h2-14,19-21,35H,15H2,1H3/t19?,20-,21+,22-,23?,24-/m0/s1. The fourth-order valence-electron chi connectivity index (χ4n) is 5.02. The van der Waals surface area contributed by atoms with Gasteiger partial charge in [-0.1, -0.05) is 53.1 Å². The average molecular weight is 512 g/mol. The van der Waals surface area contributed by atoms with Gasteiger partial charge >= 0.3 is 0 Å². The lowest BCUT2D eigenvalue weighted by Crippen LogP contribution is -2.74. The predicted octanol–water partition coefficient (Wildman–Crippen LogP) is 4.86. The summed E-state index contributed by atoms with van der Waals surface area (Å²) in [4.78, 5) is 11.7. The number of aromatic nitrogens is 2. The van der Waals surface area contributed by atoms with Gasteiger partial charge in [0.05, 0.1) is 6.61 Å². The van der Waals surface area contributed by atoms with Gasteiger partial charge in [0.15, 0.2) is 11.4 Å². The van der Waals surface area contributed by atoms with Crippen molar-refractivity contribution in [1.82, 2.24) is 9.97 Å². The Morgan fingerprint density at radius 1 is 1.09 bits per heavy atom. The third-order valence-electron chi connectivity index (χ3n) is 6.49. The molecule has 0 radical (unpaired) electrons. The van der Waals surface area contributed by atoms with Crippen molar-refractivity contribution in [2.45, 2.75) is 34.0 Å². The zero-order valence-electron chi connectivity index (χ0n) is 18.6. The van der Waals surface area contributed by atoms with Crippen molar-refractivity contribution in [3.8, 4) is 0 Å². The van der Waals surface area contributed by atoms with Gasteiger partial charge in [-0.25, -0.2) is 0 Å². The van der Waals surface area contributed by atoms with Crippen molar-refractivity contribution in [3.63, 3.8) is 0 Å². The molecule has 0 amide bonds. The minimum atomic E-state index is -1.62. The van der Waals surface area contributed by atoms with Gasteiger partial charge in [0.2, 0.25) is 0 Å². The molecule has 0 aliphatic carbocycles. The monoisotopic (exact) mass is 511 g/mol. The maximum atomic E-state index is 9.94. The van der Waals surface area contributed by atoms with Gasteiger partial charge in [-0.05, 0) is 34.9 Å². The molecule has 4 heterocycles. The third-order valence-corrected chi connectivity index (χ3v) is 7.36. The van der Waals surface area contributed by atoms with Crippen LogP contribution in [0.2, 0.25) is 0 Å². The Hall–Kier alpha value is -2.69. The molecule has 180 valence electrons. The molecule has 2 aliphatic rings. The summed E-state index contributed by atoms with van der Waals surface area (Å²) in [5.74, 6) is 0. The van der Waals surface area contributed by atoms with Gasteiger partial charge in [0.1, 0.15) is 22.7 Å². The molecule has 0 bridgehead atoms. The smallest absolute Gasteiger partial charge is 0.193 e. The van der Waals surface area contributed by atoms with Crippen LogP contribution in [-0.2, 0) is 30.1 Å². The second-order valence-corrected chi connectivity index (χ2v) is 9.31. The molecule has 0 saturated carbocycles. The molecule has 0 N–H and O–H groups in total. The van der Waals surface area contributed by atoms with E-state index in [9.17, 15) is 5.53 Å². The lowest BCUT2D eigenvalue weighted by atomic mass is 9.65. The molecule has 2 saturated heterocycles. The summed E-state index contributed by atoms with van der Waals surface area (Å²) in [5, 5.41) is 2.84. The van der Waals surface area contributed by atoms with Crippen molar-refractivity contribution in [1.29, 1.82) is 0 Å². The first-order chi connectivity index (χ1) is 17.0. The fraction of sp³-hybridized carbons (Fsp3) is 0.333. The topological polar surface area (TPSA) is 111 Å². The summed E-state index contributed by atoms with van der Waals surface area (Å²) < 4.78 is 25.0. The van der Waals surface area contributed by atoms with Crippen molar-refractivity contribution in [2.24, 2.45) is 5.11 Å². The van der Waals surface area contributed by atoms with Gasteiger partial charge < -0.3 is 18.9 Å². The first kappa shape index (κ1) is 24.0. The van der Waals surface area contributed by atoms with Crippen LogP contribution < -0.4 is 0 Å². The van der Waals surface area contributed by atoms with E-state index in [4.69, 9.17) is 43.2 Å². The lowest BCUT2D eigenvalue weighted by molar-refractivity contribution is -0.354. The second kappa shape index (κ2) is 9.40. The number of fused-ring (bicyclic) bond motifs is 1. The molecule has 1 aromatic carbocycles. The third kappa shape index (κ3) is 3.61. The van der Waals surface area contributed by atoms with E-state index in [0.717, 1.165) is 5.56 Å². The van der Waals surface area contributed by atoms with E-state index < -0.39 is 34.0 Å². The van der Waals surface area contributed by atoms with Crippen LogP contribution in [0, 0.1) is 0 Å². The highest BCUT2D eigenvalue weighted by Crippen LogP contribution is 2.62. The summed E-state index contributed by atoms with van der Waals surface area (Å²) >= 11 is 11.9. The Balaban J connectivity index is 1.80. The maximum Gasteiger partial charge on any atom is 0.193 e. The zero-order valence-corrected chi connectivity index (χ0v) is 20.3. The molecule has 2 aromatic heterocycles. The predicted molar refractivity (Wildman–Crippen MR) is 130 cm³/mol. The Morgan fingerprint density at radius 2 is 1.86 bits per heavy atom. The van der Waals surface area contributed by atoms with Crippen LogP contribution >= 0.6 is 24.2 Å². The van der Waals surface area contributed by atoms with Gasteiger partial charge in [0.25, 0.3) is 0 Å². The molecule has 2 aliphatic heterocycles. The number of nitrogens with zero attached hydrogens (tertiary/aromatic N) is 5. The molecule has 11 heteroatoms. The van der Waals surface area contributed by atoms with Crippen LogP contribution in [-0.4, -0.2) is 40.3 Å². The van der Waals surface area contributed by atoms with Gasteiger partial charge in [-0.15, -0.1) is 12.6 Å². The van der Waals surface area contributed by atoms with E-state index in [2.05, 4.69) is 20.0 Å². The Labute approximate surface area is 212 Å². The number of hydrogen-bond donors (Lipinski definition) is 1. The molecule has 35 heavy (non-hydrogen) atoms. The lowest BCUT2D eigenvalue weighted by Gasteiger charge is -2.62. The highest BCUT2D eigenvalue weighted by Gasteiger charge is 2.73. The number of pyridine rings is 2. The second-order valence-electron chi connectivity index (χ2n) is 8.20. The Kier molecular flexibility index (Phi) is 6.45. The van der Waals surface area contributed by atoms with Gasteiger partial charge in [0, 0.05) is 42.4 Å². The van der Waals surface area contributed by atoms with Crippen molar-refractivity contribution >= 4 is 24.2 Å². The first-order valence-electron chi connectivity index (χ1n) is 10.8. The maximum absolute atomic E-state index is 9.94. The molecule has 3 aromatic rings. The number of halogens is 1. The summed E-state index contributed by atoms with van der Waals surface area (Å²) in [6.07, 6.45) is 4.57. The summed E-state index contributed by atoms with van der Waals surface area (Å²) in [6, 6.07) is 16.4. The number of hydrogen-bond acceptors (Lipinski definition) is 8. The average Bonchev–Trinajstić information content (AvgIpc) is 2.90. The van der Waals surface area contributed by atoms with E-state index in [1.54, 1.807) is 49.1 Å². The summed E-state index contributed by atoms with van der Waals surface area (Å²) in [6.45, 7) is -0.0606. The van der Waals surface area contributed by atoms with Gasteiger partial charge in [-0.2, -0.15) is 0 Å². The molecule has 2 fully saturated rings. The molecular weight excluding hydrogens is 490 g/mol. The summed E-state index contributed by atoms with van der Waals surface area (Å²) in [5.41, 5.74) is 7.72. The molecule has 9 nitrogen and oxygen atoms in total. The minimum absolute atomic E-state index is 0.0606. The number of alkyl halides is 1.